The van der Waals surface area contributed by atoms with Gasteiger partial charge < -0.3 is 9.30 Å². The van der Waals surface area contributed by atoms with Crippen molar-refractivity contribution in [2.45, 2.75) is 39.0 Å². The number of imidazole rings is 1. The highest BCUT2D eigenvalue weighted by Gasteiger charge is 2.24. The molecular formula is C24H22F2N4O3. The van der Waals surface area contributed by atoms with Crippen LogP contribution in [0.2, 0.25) is 0 Å². The lowest BCUT2D eigenvalue weighted by molar-refractivity contribution is 0.0950. The molecule has 0 bridgehead atoms. The number of nitrogens with zero attached hydrogens (tertiary/aromatic N) is 4. The van der Waals surface area contributed by atoms with Crippen molar-refractivity contribution in [3.05, 3.63) is 92.4 Å². The Morgan fingerprint density at radius 3 is 2.70 bits per heavy atom. The van der Waals surface area contributed by atoms with Crippen LogP contribution in [0.5, 0.6) is 0 Å². The second-order valence-corrected chi connectivity index (χ2v) is 8.24. The summed E-state index contributed by atoms with van der Waals surface area (Å²) in [5.74, 6) is -1.69. The van der Waals surface area contributed by atoms with Gasteiger partial charge in [-0.2, -0.15) is 0 Å². The van der Waals surface area contributed by atoms with Crippen LogP contribution in [-0.2, 0) is 17.8 Å². The fourth-order valence-electron chi connectivity index (χ4n) is 4.30. The van der Waals surface area contributed by atoms with E-state index in [-0.39, 0.29) is 29.5 Å². The summed E-state index contributed by atoms with van der Waals surface area (Å²) in [6, 6.07) is 10.7. The summed E-state index contributed by atoms with van der Waals surface area (Å²) >= 11 is 0. The van der Waals surface area contributed by atoms with Gasteiger partial charge in [-0.05, 0) is 43.0 Å². The Hall–Kier alpha value is -3.59. The quantitative estimate of drug-likeness (QED) is 0.467. The number of ether oxygens (including phenoxy) is 1. The molecule has 4 aromatic rings. The Labute approximate surface area is 187 Å². The molecule has 3 heterocycles. The van der Waals surface area contributed by atoms with Gasteiger partial charge in [0.1, 0.15) is 11.6 Å². The van der Waals surface area contributed by atoms with Crippen LogP contribution in [0.4, 0.5) is 8.78 Å². The minimum Gasteiger partial charge on any atom is -0.376 e. The standard InChI is InChI=1S/C24H22F2N4O3/c1-15-5-2-3-6-16(15)12-28-14-27-22-21(28)23(31)29(13-18-7-4-10-33-18)24(32)30(22)20-9-8-17(25)11-19(20)26/h2-3,5-6,8-9,11,14,18H,4,7,10,12-13H2,1H3/t18-/m1/s1. The Bertz CT molecular complexity index is 1470. The van der Waals surface area contributed by atoms with Gasteiger partial charge >= 0.3 is 5.69 Å². The number of aryl methyl sites for hydroxylation is 1. The van der Waals surface area contributed by atoms with E-state index in [4.69, 9.17) is 4.74 Å². The second kappa shape index (κ2) is 8.40. The van der Waals surface area contributed by atoms with Crippen molar-refractivity contribution in [1.29, 1.82) is 0 Å². The molecule has 5 rings (SSSR count). The van der Waals surface area contributed by atoms with Crippen molar-refractivity contribution >= 4 is 11.2 Å². The Morgan fingerprint density at radius 2 is 1.97 bits per heavy atom. The van der Waals surface area contributed by atoms with Gasteiger partial charge in [0.2, 0.25) is 0 Å². The fourth-order valence-corrected chi connectivity index (χ4v) is 4.30. The third-order valence-corrected chi connectivity index (χ3v) is 6.06. The summed E-state index contributed by atoms with van der Waals surface area (Å²) in [5.41, 5.74) is 0.774. The van der Waals surface area contributed by atoms with Gasteiger partial charge in [-0.1, -0.05) is 24.3 Å². The first-order chi connectivity index (χ1) is 15.9. The van der Waals surface area contributed by atoms with E-state index in [1.54, 1.807) is 4.57 Å². The number of rotatable bonds is 5. The van der Waals surface area contributed by atoms with Crippen LogP contribution in [0.25, 0.3) is 16.9 Å². The molecular weight excluding hydrogens is 430 g/mol. The minimum absolute atomic E-state index is 0.0210. The molecule has 0 N–H and O–H groups in total. The first-order valence-corrected chi connectivity index (χ1v) is 10.8. The molecule has 170 valence electrons. The van der Waals surface area contributed by atoms with E-state index in [1.807, 2.05) is 31.2 Å². The lowest BCUT2D eigenvalue weighted by atomic mass is 10.1. The molecule has 7 nitrogen and oxygen atoms in total. The zero-order valence-electron chi connectivity index (χ0n) is 18.0. The van der Waals surface area contributed by atoms with Crippen LogP contribution in [0.3, 0.4) is 0 Å². The first-order valence-electron chi connectivity index (χ1n) is 10.8. The van der Waals surface area contributed by atoms with Crippen LogP contribution in [0.1, 0.15) is 24.0 Å². The summed E-state index contributed by atoms with van der Waals surface area (Å²) < 4.78 is 37.7. The van der Waals surface area contributed by atoms with Gasteiger partial charge in [-0.3, -0.25) is 9.36 Å². The molecule has 33 heavy (non-hydrogen) atoms. The number of aromatic nitrogens is 4. The molecule has 0 amide bonds. The molecule has 1 aliphatic heterocycles. The van der Waals surface area contributed by atoms with Crippen molar-refractivity contribution in [2.24, 2.45) is 0 Å². The van der Waals surface area contributed by atoms with E-state index >= 15 is 0 Å². The Kier molecular flexibility index (Phi) is 5.41. The normalized spacial score (nSPS) is 16.0. The molecule has 0 radical (unpaired) electrons. The number of hydrogen-bond donors (Lipinski definition) is 0. The molecule has 9 heteroatoms. The van der Waals surface area contributed by atoms with E-state index in [0.29, 0.717) is 19.2 Å². The van der Waals surface area contributed by atoms with Gasteiger partial charge in [0.05, 0.1) is 24.7 Å². The Morgan fingerprint density at radius 1 is 1.15 bits per heavy atom. The molecule has 2 aromatic carbocycles. The predicted octanol–water partition coefficient (Wildman–Crippen LogP) is 3.16. The molecule has 0 aliphatic carbocycles. The monoisotopic (exact) mass is 452 g/mol. The van der Waals surface area contributed by atoms with E-state index < -0.39 is 22.9 Å². The van der Waals surface area contributed by atoms with E-state index in [0.717, 1.165) is 39.2 Å². The summed E-state index contributed by atoms with van der Waals surface area (Å²) in [7, 11) is 0. The highest BCUT2D eigenvalue weighted by molar-refractivity contribution is 5.72. The van der Waals surface area contributed by atoms with E-state index in [9.17, 15) is 18.4 Å². The molecule has 2 aromatic heterocycles. The van der Waals surface area contributed by atoms with Crippen LogP contribution < -0.4 is 11.2 Å². The molecule has 0 saturated carbocycles. The summed E-state index contributed by atoms with van der Waals surface area (Å²) in [5, 5.41) is 0. The number of halogens is 2. The maximum Gasteiger partial charge on any atom is 0.337 e. The van der Waals surface area contributed by atoms with Gasteiger partial charge in [-0.15, -0.1) is 0 Å². The van der Waals surface area contributed by atoms with Crippen LogP contribution in [0.15, 0.2) is 58.4 Å². The fraction of sp³-hybridized carbons (Fsp3) is 0.292. The van der Waals surface area contributed by atoms with Crippen molar-refractivity contribution in [3.8, 4) is 5.69 Å². The zero-order chi connectivity index (χ0) is 23.1. The molecule has 0 unspecified atom stereocenters. The van der Waals surface area contributed by atoms with Gasteiger partial charge in [0.15, 0.2) is 11.2 Å². The van der Waals surface area contributed by atoms with Crippen LogP contribution >= 0.6 is 0 Å². The van der Waals surface area contributed by atoms with Crippen molar-refractivity contribution < 1.29 is 13.5 Å². The highest BCUT2D eigenvalue weighted by atomic mass is 19.1. The molecule has 1 atom stereocenters. The average Bonchev–Trinajstić information content (AvgIpc) is 3.44. The van der Waals surface area contributed by atoms with E-state index in [2.05, 4.69) is 4.98 Å². The average molecular weight is 452 g/mol. The lowest BCUT2D eigenvalue weighted by Gasteiger charge is -2.16. The molecule has 1 aliphatic rings. The number of benzene rings is 2. The van der Waals surface area contributed by atoms with Crippen molar-refractivity contribution in [1.82, 2.24) is 18.7 Å². The number of fused-ring (bicyclic) bond motifs is 1. The second-order valence-electron chi connectivity index (χ2n) is 8.24. The predicted molar refractivity (Wildman–Crippen MR) is 119 cm³/mol. The SMILES string of the molecule is Cc1ccccc1Cn1cnc2c1c(=O)n(C[C@H]1CCCO1)c(=O)n2-c1ccc(F)cc1F. The summed E-state index contributed by atoms with van der Waals surface area (Å²) in [6.45, 7) is 2.93. The number of hydrogen-bond acceptors (Lipinski definition) is 4. The van der Waals surface area contributed by atoms with Gasteiger partial charge in [-0.25, -0.2) is 23.1 Å². The topological polar surface area (TPSA) is 71.1 Å². The van der Waals surface area contributed by atoms with Crippen LogP contribution in [-0.4, -0.2) is 31.4 Å². The van der Waals surface area contributed by atoms with E-state index in [1.165, 1.54) is 12.4 Å². The van der Waals surface area contributed by atoms with Gasteiger partial charge in [0, 0.05) is 19.2 Å². The lowest BCUT2D eigenvalue weighted by Crippen LogP contribution is -2.42. The minimum atomic E-state index is -0.922. The maximum absolute atomic E-state index is 14.7. The first kappa shape index (κ1) is 21.3. The third-order valence-electron chi connectivity index (χ3n) is 6.06. The third kappa shape index (κ3) is 3.78. The van der Waals surface area contributed by atoms with Gasteiger partial charge in [0.25, 0.3) is 5.56 Å². The Balaban J connectivity index is 1.76. The molecule has 1 saturated heterocycles. The molecule has 0 spiro atoms. The smallest absolute Gasteiger partial charge is 0.337 e. The maximum atomic E-state index is 14.7. The summed E-state index contributed by atoms with van der Waals surface area (Å²) in [4.78, 5) is 31.2. The van der Waals surface area contributed by atoms with Crippen molar-refractivity contribution in [3.63, 3.8) is 0 Å². The zero-order valence-corrected chi connectivity index (χ0v) is 18.0. The molecule has 1 fully saturated rings. The summed E-state index contributed by atoms with van der Waals surface area (Å²) in [6.07, 6.45) is 2.74. The van der Waals surface area contributed by atoms with Crippen LogP contribution in [0, 0.1) is 18.6 Å². The largest absolute Gasteiger partial charge is 0.376 e. The highest BCUT2D eigenvalue weighted by Crippen LogP contribution is 2.20. The van der Waals surface area contributed by atoms with Crippen molar-refractivity contribution in [2.75, 3.05) is 6.61 Å².